The standard InChI is InChI=1S/C26H31N3O4/c1-25(2,29-23(31)26(27)14-8-3-9-15-26)22(30)28-24(32)33-16-21-19-12-6-4-10-17(19)18-11-5-7-13-20(18)21/h4-7,10-13,21H,3,8-9,14-16,27H2,1-2H3,(H,29,31)(H,28,30,32). The lowest BCUT2D eigenvalue weighted by Gasteiger charge is -2.35. The van der Waals surface area contributed by atoms with Crippen molar-refractivity contribution in [3.8, 4) is 11.1 Å². The van der Waals surface area contributed by atoms with Gasteiger partial charge < -0.3 is 15.8 Å². The summed E-state index contributed by atoms with van der Waals surface area (Å²) < 4.78 is 5.44. The number of rotatable bonds is 5. The normalized spacial score (nSPS) is 16.9. The van der Waals surface area contributed by atoms with Gasteiger partial charge in [0, 0.05) is 5.92 Å². The van der Waals surface area contributed by atoms with E-state index in [1.165, 1.54) is 0 Å². The van der Waals surface area contributed by atoms with Gasteiger partial charge in [-0.15, -0.1) is 0 Å². The van der Waals surface area contributed by atoms with Crippen molar-refractivity contribution in [3.63, 3.8) is 0 Å². The lowest BCUT2D eigenvalue weighted by Crippen LogP contribution is -2.63. The van der Waals surface area contributed by atoms with Crippen LogP contribution in [0.1, 0.15) is 63.0 Å². The molecule has 2 aromatic carbocycles. The first-order valence-electron chi connectivity index (χ1n) is 11.5. The average molecular weight is 450 g/mol. The average Bonchev–Trinajstić information content (AvgIpc) is 3.11. The molecule has 33 heavy (non-hydrogen) atoms. The van der Waals surface area contributed by atoms with E-state index in [1.807, 2.05) is 36.4 Å². The number of amides is 3. The topological polar surface area (TPSA) is 111 Å². The van der Waals surface area contributed by atoms with Crippen molar-refractivity contribution in [3.05, 3.63) is 59.7 Å². The molecule has 4 rings (SSSR count). The van der Waals surface area contributed by atoms with Gasteiger partial charge in [0.25, 0.3) is 5.91 Å². The van der Waals surface area contributed by atoms with Crippen LogP contribution in [-0.4, -0.2) is 35.6 Å². The van der Waals surface area contributed by atoms with E-state index in [-0.39, 0.29) is 18.4 Å². The molecule has 1 fully saturated rings. The Labute approximate surface area is 194 Å². The van der Waals surface area contributed by atoms with Crippen LogP contribution in [0, 0.1) is 0 Å². The fourth-order valence-electron chi connectivity index (χ4n) is 4.76. The van der Waals surface area contributed by atoms with Crippen LogP contribution < -0.4 is 16.4 Å². The molecule has 2 aromatic rings. The highest BCUT2D eigenvalue weighted by Crippen LogP contribution is 2.44. The third-order valence-electron chi connectivity index (χ3n) is 6.75. The van der Waals surface area contributed by atoms with Crippen molar-refractivity contribution >= 4 is 17.9 Å². The highest BCUT2D eigenvalue weighted by atomic mass is 16.5. The minimum atomic E-state index is -1.31. The van der Waals surface area contributed by atoms with Crippen molar-refractivity contribution in [2.24, 2.45) is 5.73 Å². The Morgan fingerprint density at radius 2 is 1.52 bits per heavy atom. The first-order valence-corrected chi connectivity index (χ1v) is 11.5. The molecular formula is C26H31N3O4. The number of ether oxygens (including phenoxy) is 1. The van der Waals surface area contributed by atoms with Crippen LogP contribution in [-0.2, 0) is 14.3 Å². The molecule has 7 nitrogen and oxygen atoms in total. The third kappa shape index (κ3) is 4.64. The number of carbonyl (C=O) groups is 3. The molecule has 0 aromatic heterocycles. The summed E-state index contributed by atoms with van der Waals surface area (Å²) in [5.41, 5.74) is 8.41. The molecule has 0 aliphatic heterocycles. The van der Waals surface area contributed by atoms with Crippen molar-refractivity contribution in [1.82, 2.24) is 10.6 Å². The summed E-state index contributed by atoms with van der Waals surface area (Å²) >= 11 is 0. The van der Waals surface area contributed by atoms with Gasteiger partial charge in [-0.3, -0.25) is 14.9 Å². The quantitative estimate of drug-likeness (QED) is 0.646. The zero-order valence-electron chi connectivity index (χ0n) is 19.1. The van der Waals surface area contributed by atoms with Gasteiger partial charge in [-0.1, -0.05) is 67.8 Å². The zero-order chi connectivity index (χ0) is 23.6. The van der Waals surface area contributed by atoms with Crippen LogP contribution >= 0.6 is 0 Å². The summed E-state index contributed by atoms with van der Waals surface area (Å²) in [4.78, 5) is 37.9. The number of alkyl carbamates (subject to hydrolysis) is 1. The Morgan fingerprint density at radius 1 is 0.970 bits per heavy atom. The zero-order valence-corrected chi connectivity index (χ0v) is 19.1. The Bertz CT molecular complexity index is 1030. The number of imide groups is 1. The van der Waals surface area contributed by atoms with Crippen LogP contribution in [0.25, 0.3) is 11.1 Å². The number of hydrogen-bond acceptors (Lipinski definition) is 5. The van der Waals surface area contributed by atoms with E-state index in [9.17, 15) is 14.4 Å². The van der Waals surface area contributed by atoms with E-state index in [0.717, 1.165) is 41.5 Å². The molecule has 4 N–H and O–H groups in total. The third-order valence-corrected chi connectivity index (χ3v) is 6.75. The highest BCUT2D eigenvalue weighted by molar-refractivity contribution is 6.00. The smallest absolute Gasteiger partial charge is 0.413 e. The van der Waals surface area contributed by atoms with Crippen LogP contribution in [0.4, 0.5) is 4.79 Å². The molecule has 0 atom stereocenters. The summed E-state index contributed by atoms with van der Waals surface area (Å²) in [6.45, 7) is 3.19. The van der Waals surface area contributed by atoms with Crippen LogP contribution in [0.5, 0.6) is 0 Å². The van der Waals surface area contributed by atoms with E-state index in [1.54, 1.807) is 13.8 Å². The number of nitrogens with one attached hydrogen (secondary N) is 2. The lowest BCUT2D eigenvalue weighted by molar-refractivity contribution is -0.135. The number of hydrogen-bond donors (Lipinski definition) is 3. The molecule has 0 saturated heterocycles. The Hall–Kier alpha value is -3.19. The van der Waals surface area contributed by atoms with Crippen LogP contribution in [0.15, 0.2) is 48.5 Å². The lowest BCUT2D eigenvalue weighted by atomic mass is 9.81. The van der Waals surface area contributed by atoms with Gasteiger partial charge in [-0.25, -0.2) is 4.79 Å². The predicted molar refractivity (Wildman–Crippen MR) is 125 cm³/mol. The Morgan fingerprint density at radius 3 is 2.09 bits per heavy atom. The second kappa shape index (κ2) is 8.98. The monoisotopic (exact) mass is 449 g/mol. The van der Waals surface area contributed by atoms with Crippen molar-refractivity contribution < 1.29 is 19.1 Å². The number of carbonyl (C=O) groups excluding carboxylic acids is 3. The molecule has 3 amide bonds. The van der Waals surface area contributed by atoms with Gasteiger partial charge in [0.2, 0.25) is 5.91 Å². The first-order chi connectivity index (χ1) is 15.7. The maximum atomic E-state index is 12.7. The second-order valence-corrected chi connectivity index (χ2v) is 9.58. The summed E-state index contributed by atoms with van der Waals surface area (Å²) in [6.07, 6.45) is 3.15. The molecule has 0 bridgehead atoms. The molecule has 0 spiro atoms. The molecule has 0 radical (unpaired) electrons. The van der Waals surface area contributed by atoms with Crippen molar-refractivity contribution in [1.29, 1.82) is 0 Å². The summed E-state index contributed by atoms with van der Waals surface area (Å²) in [6, 6.07) is 16.1. The molecule has 174 valence electrons. The minimum absolute atomic E-state index is 0.102. The Kier molecular flexibility index (Phi) is 6.26. The van der Waals surface area contributed by atoms with Gasteiger partial charge in [-0.05, 0) is 48.9 Å². The molecule has 2 aliphatic carbocycles. The summed E-state index contributed by atoms with van der Waals surface area (Å²) in [7, 11) is 0. The number of benzene rings is 2. The molecule has 0 unspecified atom stereocenters. The predicted octanol–water partition coefficient (Wildman–Crippen LogP) is 3.61. The molecular weight excluding hydrogens is 418 g/mol. The summed E-state index contributed by atoms with van der Waals surface area (Å²) in [5, 5.41) is 4.97. The molecule has 0 heterocycles. The maximum Gasteiger partial charge on any atom is 0.413 e. The Balaban J connectivity index is 1.36. The second-order valence-electron chi connectivity index (χ2n) is 9.58. The van der Waals surface area contributed by atoms with Gasteiger partial charge in [-0.2, -0.15) is 0 Å². The minimum Gasteiger partial charge on any atom is -0.448 e. The number of nitrogens with two attached hydrogens (primary N) is 1. The van der Waals surface area contributed by atoms with Gasteiger partial charge in [0.05, 0.1) is 5.54 Å². The molecule has 7 heteroatoms. The van der Waals surface area contributed by atoms with E-state index >= 15 is 0 Å². The van der Waals surface area contributed by atoms with Crippen molar-refractivity contribution in [2.75, 3.05) is 6.61 Å². The van der Waals surface area contributed by atoms with Gasteiger partial charge in [0.15, 0.2) is 0 Å². The summed E-state index contributed by atoms with van der Waals surface area (Å²) in [5.74, 6) is -1.11. The largest absolute Gasteiger partial charge is 0.448 e. The van der Waals surface area contributed by atoms with Crippen LogP contribution in [0.3, 0.4) is 0 Å². The van der Waals surface area contributed by atoms with Gasteiger partial charge >= 0.3 is 6.09 Å². The molecule has 2 aliphatic rings. The molecule has 1 saturated carbocycles. The van der Waals surface area contributed by atoms with Crippen molar-refractivity contribution in [2.45, 2.75) is 62.9 Å². The van der Waals surface area contributed by atoms with Gasteiger partial charge in [0.1, 0.15) is 12.1 Å². The van der Waals surface area contributed by atoms with E-state index in [0.29, 0.717) is 12.8 Å². The fourth-order valence-corrected chi connectivity index (χ4v) is 4.76. The maximum absolute atomic E-state index is 12.7. The van der Waals surface area contributed by atoms with E-state index < -0.39 is 23.1 Å². The first kappa shape index (κ1) is 23.0. The van der Waals surface area contributed by atoms with E-state index in [4.69, 9.17) is 10.5 Å². The van der Waals surface area contributed by atoms with E-state index in [2.05, 4.69) is 22.8 Å². The SMILES string of the molecule is CC(C)(NC(=O)C1(N)CCCCC1)C(=O)NC(=O)OCC1c2ccccc2-c2ccccc21. The van der Waals surface area contributed by atoms with Crippen LogP contribution in [0.2, 0.25) is 0 Å². The fraction of sp³-hybridized carbons (Fsp3) is 0.423. The number of fused-ring (bicyclic) bond motifs is 3. The highest BCUT2D eigenvalue weighted by Gasteiger charge is 2.40.